The molecule has 35 heavy (non-hydrogen) atoms. The van der Waals surface area contributed by atoms with Crippen molar-refractivity contribution in [2.75, 3.05) is 37.4 Å². The van der Waals surface area contributed by atoms with Crippen LogP contribution >= 0.6 is 0 Å². The summed E-state index contributed by atoms with van der Waals surface area (Å²) in [6, 6.07) is 5.28. The van der Waals surface area contributed by atoms with E-state index in [1.807, 2.05) is 4.90 Å². The molecular weight excluding hydrogens is 461 g/mol. The van der Waals surface area contributed by atoms with Gasteiger partial charge in [-0.1, -0.05) is 12.0 Å². The van der Waals surface area contributed by atoms with Crippen LogP contribution in [-0.2, 0) is 17.5 Å². The van der Waals surface area contributed by atoms with E-state index in [9.17, 15) is 18.0 Å². The number of nitrogens with zero attached hydrogens (tertiary/aromatic N) is 4. The Labute approximate surface area is 199 Å². The van der Waals surface area contributed by atoms with Gasteiger partial charge in [0.2, 0.25) is 0 Å². The molecular formula is C24H21F3N6O2. The molecule has 8 nitrogen and oxygen atoms in total. The van der Waals surface area contributed by atoms with Gasteiger partial charge in [0.25, 0.3) is 5.91 Å². The highest BCUT2D eigenvalue weighted by atomic mass is 19.4. The van der Waals surface area contributed by atoms with Crippen molar-refractivity contribution in [3.8, 4) is 11.8 Å². The van der Waals surface area contributed by atoms with Gasteiger partial charge in [-0.3, -0.25) is 14.7 Å². The van der Waals surface area contributed by atoms with Crippen molar-refractivity contribution >= 4 is 17.4 Å². The maximum absolute atomic E-state index is 13.7. The Morgan fingerprint density at radius 3 is 2.60 bits per heavy atom. The van der Waals surface area contributed by atoms with Crippen LogP contribution in [0.2, 0.25) is 0 Å². The van der Waals surface area contributed by atoms with E-state index in [0.29, 0.717) is 37.6 Å². The molecule has 11 heteroatoms. The summed E-state index contributed by atoms with van der Waals surface area (Å²) in [5, 5.41) is 2.51. The third-order valence-corrected chi connectivity index (χ3v) is 5.18. The number of amides is 1. The van der Waals surface area contributed by atoms with Crippen LogP contribution in [-0.4, -0.2) is 52.1 Å². The van der Waals surface area contributed by atoms with Gasteiger partial charge in [-0.15, -0.1) is 0 Å². The number of pyridine rings is 1. The van der Waals surface area contributed by atoms with Gasteiger partial charge in [0.1, 0.15) is 11.5 Å². The number of hydrogen-bond donors (Lipinski definition) is 2. The third kappa shape index (κ3) is 6.53. The Morgan fingerprint density at radius 2 is 1.89 bits per heavy atom. The smallest absolute Gasteiger partial charge is 0.382 e. The fourth-order valence-electron chi connectivity index (χ4n) is 3.43. The molecule has 0 spiro atoms. The Hall–Kier alpha value is -4.01. The van der Waals surface area contributed by atoms with E-state index in [1.165, 1.54) is 43.0 Å². The monoisotopic (exact) mass is 482 g/mol. The summed E-state index contributed by atoms with van der Waals surface area (Å²) in [6.07, 6.45) is 0.975. The van der Waals surface area contributed by atoms with E-state index >= 15 is 0 Å². The number of hydrogen-bond acceptors (Lipinski definition) is 7. The zero-order valence-electron chi connectivity index (χ0n) is 18.5. The number of rotatable bonds is 4. The van der Waals surface area contributed by atoms with Crippen molar-refractivity contribution in [2.45, 2.75) is 12.7 Å². The molecule has 0 saturated carbocycles. The van der Waals surface area contributed by atoms with Gasteiger partial charge in [0.15, 0.2) is 0 Å². The fraction of sp³-hybridized carbons (Fsp3) is 0.250. The van der Waals surface area contributed by atoms with Crippen molar-refractivity contribution in [3.63, 3.8) is 0 Å². The van der Waals surface area contributed by atoms with Crippen molar-refractivity contribution in [1.29, 1.82) is 0 Å². The maximum Gasteiger partial charge on any atom is 0.416 e. The largest absolute Gasteiger partial charge is 0.416 e. The van der Waals surface area contributed by atoms with Gasteiger partial charge in [-0.05, 0) is 29.7 Å². The molecule has 1 aliphatic rings. The lowest BCUT2D eigenvalue weighted by molar-refractivity contribution is -0.138. The first-order valence-electron chi connectivity index (χ1n) is 10.6. The lowest BCUT2D eigenvalue weighted by atomic mass is 10.0. The number of ether oxygens (including phenoxy) is 1. The normalized spacial score (nSPS) is 14.1. The second kappa shape index (κ2) is 10.5. The van der Waals surface area contributed by atoms with Gasteiger partial charge in [-0.2, -0.15) is 13.2 Å². The second-order valence-electron chi connectivity index (χ2n) is 7.75. The molecule has 1 aliphatic heterocycles. The lowest BCUT2D eigenvalue weighted by Gasteiger charge is -2.27. The highest BCUT2D eigenvalue weighted by molar-refractivity contribution is 6.04. The van der Waals surface area contributed by atoms with Crippen LogP contribution in [0.5, 0.6) is 0 Å². The Bertz CT molecular complexity index is 1260. The summed E-state index contributed by atoms with van der Waals surface area (Å²) in [5.74, 6) is 5.25. The average molecular weight is 482 g/mol. The molecule has 0 unspecified atom stereocenters. The summed E-state index contributed by atoms with van der Waals surface area (Å²) in [6.45, 7) is 2.25. The van der Waals surface area contributed by atoms with Gasteiger partial charge >= 0.3 is 6.18 Å². The first kappa shape index (κ1) is 24.1. The first-order valence-corrected chi connectivity index (χ1v) is 10.6. The summed E-state index contributed by atoms with van der Waals surface area (Å²) in [7, 11) is 0. The molecule has 4 rings (SSSR count). The van der Waals surface area contributed by atoms with Crippen LogP contribution in [0.25, 0.3) is 0 Å². The number of alkyl halides is 3. The first-order chi connectivity index (χ1) is 16.8. The number of halogens is 3. The molecule has 3 N–H and O–H groups in total. The lowest BCUT2D eigenvalue weighted by Crippen LogP contribution is -2.36. The van der Waals surface area contributed by atoms with E-state index in [4.69, 9.17) is 10.5 Å². The van der Waals surface area contributed by atoms with Crippen molar-refractivity contribution in [3.05, 3.63) is 77.0 Å². The van der Waals surface area contributed by atoms with E-state index in [2.05, 4.69) is 32.1 Å². The summed E-state index contributed by atoms with van der Waals surface area (Å²) in [5.41, 5.74) is 5.82. The SMILES string of the molecule is Nc1cnc(C#Cc2cncc(C(=O)Nc3ccc(CN4CCOCC4)c(C(F)(F)F)c3)c2)cn1. The van der Waals surface area contributed by atoms with Crippen LogP contribution in [0.3, 0.4) is 0 Å². The van der Waals surface area contributed by atoms with Crippen molar-refractivity contribution in [1.82, 2.24) is 19.9 Å². The number of nitrogens with one attached hydrogen (secondary N) is 1. The number of aromatic nitrogens is 3. The molecule has 3 aromatic rings. The van der Waals surface area contributed by atoms with Crippen LogP contribution in [0, 0.1) is 11.8 Å². The molecule has 3 heterocycles. The average Bonchev–Trinajstić information content (AvgIpc) is 2.85. The summed E-state index contributed by atoms with van der Waals surface area (Å²) < 4.78 is 46.5. The van der Waals surface area contributed by atoms with E-state index in [1.54, 1.807) is 0 Å². The molecule has 1 saturated heterocycles. The fourth-order valence-corrected chi connectivity index (χ4v) is 3.43. The molecule has 1 amide bonds. The maximum atomic E-state index is 13.7. The minimum atomic E-state index is -4.57. The summed E-state index contributed by atoms with van der Waals surface area (Å²) >= 11 is 0. The minimum Gasteiger partial charge on any atom is -0.382 e. The predicted molar refractivity (Wildman–Crippen MR) is 122 cm³/mol. The molecule has 0 radical (unpaired) electrons. The van der Waals surface area contributed by atoms with Crippen LogP contribution in [0.4, 0.5) is 24.7 Å². The standard InChI is InChI=1S/C24H21F3N6O2/c25-24(26,27)21-10-19(4-2-17(21)15-33-5-7-35-8-6-33)32-23(34)18-9-16(11-29-12-18)1-3-20-13-31-22(28)14-30-20/h2,4,9-14H,5-8,15H2,(H2,28,31)(H,32,34). The van der Waals surface area contributed by atoms with Crippen molar-refractivity contribution < 1.29 is 22.7 Å². The number of benzene rings is 1. The Kier molecular flexibility index (Phi) is 7.24. The Balaban J connectivity index is 1.50. The Morgan fingerprint density at radius 1 is 1.09 bits per heavy atom. The van der Waals surface area contributed by atoms with E-state index < -0.39 is 17.6 Å². The number of nitrogen functional groups attached to an aromatic ring is 1. The molecule has 180 valence electrons. The molecule has 0 atom stereocenters. The number of nitrogens with two attached hydrogens (primary N) is 1. The summed E-state index contributed by atoms with van der Waals surface area (Å²) in [4.78, 5) is 26.5. The van der Waals surface area contributed by atoms with Gasteiger partial charge < -0.3 is 15.8 Å². The number of carbonyl (C=O) groups is 1. The molecule has 0 aliphatic carbocycles. The van der Waals surface area contributed by atoms with Crippen LogP contribution in [0.1, 0.15) is 32.7 Å². The number of carbonyl (C=O) groups excluding carboxylic acids is 1. The van der Waals surface area contributed by atoms with E-state index in [0.717, 1.165) is 6.07 Å². The minimum absolute atomic E-state index is 0.0293. The van der Waals surface area contributed by atoms with E-state index in [-0.39, 0.29) is 29.2 Å². The highest BCUT2D eigenvalue weighted by Gasteiger charge is 2.34. The van der Waals surface area contributed by atoms with Crippen molar-refractivity contribution in [2.24, 2.45) is 0 Å². The number of anilines is 2. The topological polar surface area (TPSA) is 106 Å². The molecule has 2 aromatic heterocycles. The zero-order chi connectivity index (χ0) is 24.8. The molecule has 1 fully saturated rings. The predicted octanol–water partition coefficient (Wildman–Crippen LogP) is 2.96. The van der Waals surface area contributed by atoms with Gasteiger partial charge in [-0.25, -0.2) is 9.97 Å². The van der Waals surface area contributed by atoms with Crippen LogP contribution < -0.4 is 11.1 Å². The van der Waals surface area contributed by atoms with Gasteiger partial charge in [0, 0.05) is 43.3 Å². The van der Waals surface area contributed by atoms with Gasteiger partial charge in [0.05, 0.1) is 36.7 Å². The number of morpholine rings is 1. The quantitative estimate of drug-likeness (QED) is 0.551. The highest BCUT2D eigenvalue weighted by Crippen LogP contribution is 2.34. The third-order valence-electron chi connectivity index (χ3n) is 5.18. The zero-order valence-corrected chi connectivity index (χ0v) is 18.5. The van der Waals surface area contributed by atoms with Crippen LogP contribution in [0.15, 0.2) is 49.1 Å². The molecule has 0 bridgehead atoms. The second-order valence-corrected chi connectivity index (χ2v) is 7.75. The molecule has 1 aromatic carbocycles.